The second-order valence-electron chi connectivity index (χ2n) is 4.58. The SMILES string of the molecule is Cc1cc(C(O)c2cccc3cnccc23)ccn1. The molecule has 1 N–H and O–H groups in total. The molecule has 0 saturated carbocycles. The van der Waals surface area contributed by atoms with Gasteiger partial charge in [0.2, 0.25) is 0 Å². The van der Waals surface area contributed by atoms with Crippen molar-refractivity contribution in [1.82, 2.24) is 9.97 Å². The van der Waals surface area contributed by atoms with E-state index in [9.17, 15) is 5.11 Å². The highest BCUT2D eigenvalue weighted by atomic mass is 16.3. The Hall–Kier alpha value is -2.26. The Labute approximate surface area is 111 Å². The van der Waals surface area contributed by atoms with Crippen molar-refractivity contribution in [3.05, 3.63) is 71.8 Å². The van der Waals surface area contributed by atoms with Crippen LogP contribution in [0.2, 0.25) is 0 Å². The number of aryl methyl sites for hydroxylation is 1. The highest BCUT2D eigenvalue weighted by Crippen LogP contribution is 2.28. The lowest BCUT2D eigenvalue weighted by atomic mass is 9.97. The molecule has 0 aliphatic carbocycles. The van der Waals surface area contributed by atoms with Crippen molar-refractivity contribution in [2.24, 2.45) is 0 Å². The summed E-state index contributed by atoms with van der Waals surface area (Å²) in [4.78, 5) is 8.27. The van der Waals surface area contributed by atoms with Gasteiger partial charge in [-0.25, -0.2) is 0 Å². The van der Waals surface area contributed by atoms with Gasteiger partial charge < -0.3 is 5.11 Å². The summed E-state index contributed by atoms with van der Waals surface area (Å²) in [5, 5.41) is 12.6. The van der Waals surface area contributed by atoms with Gasteiger partial charge in [0.05, 0.1) is 0 Å². The summed E-state index contributed by atoms with van der Waals surface area (Å²) < 4.78 is 0. The van der Waals surface area contributed by atoms with Gasteiger partial charge >= 0.3 is 0 Å². The number of nitrogens with zero attached hydrogens (tertiary/aromatic N) is 2. The molecule has 0 radical (unpaired) electrons. The minimum absolute atomic E-state index is 0.646. The van der Waals surface area contributed by atoms with Gasteiger partial charge in [-0.1, -0.05) is 18.2 Å². The molecule has 3 aromatic rings. The Kier molecular flexibility index (Phi) is 2.97. The summed E-state index contributed by atoms with van der Waals surface area (Å²) in [6.45, 7) is 1.92. The first-order valence-corrected chi connectivity index (χ1v) is 6.19. The van der Waals surface area contributed by atoms with Crippen LogP contribution in [0.4, 0.5) is 0 Å². The van der Waals surface area contributed by atoms with Crippen molar-refractivity contribution in [3.63, 3.8) is 0 Å². The molecule has 1 aromatic carbocycles. The molecule has 0 spiro atoms. The molecule has 0 fully saturated rings. The van der Waals surface area contributed by atoms with E-state index in [-0.39, 0.29) is 0 Å². The molecule has 19 heavy (non-hydrogen) atoms. The number of aliphatic hydroxyl groups is 1. The zero-order valence-corrected chi connectivity index (χ0v) is 10.6. The maximum Gasteiger partial charge on any atom is 0.105 e. The number of benzene rings is 1. The summed E-state index contributed by atoms with van der Waals surface area (Å²) in [5.74, 6) is 0. The Bertz CT molecular complexity index is 719. The van der Waals surface area contributed by atoms with E-state index < -0.39 is 6.10 Å². The monoisotopic (exact) mass is 250 g/mol. The molecule has 3 nitrogen and oxygen atoms in total. The van der Waals surface area contributed by atoms with E-state index in [1.54, 1.807) is 12.4 Å². The Morgan fingerprint density at radius 1 is 1.11 bits per heavy atom. The molecule has 1 atom stereocenters. The second-order valence-corrected chi connectivity index (χ2v) is 4.58. The number of hydrogen-bond donors (Lipinski definition) is 1. The van der Waals surface area contributed by atoms with Crippen molar-refractivity contribution < 1.29 is 5.11 Å². The quantitative estimate of drug-likeness (QED) is 0.760. The van der Waals surface area contributed by atoms with Gasteiger partial charge in [0.25, 0.3) is 0 Å². The minimum Gasteiger partial charge on any atom is -0.384 e. The second kappa shape index (κ2) is 4.78. The molecule has 1 unspecified atom stereocenters. The lowest BCUT2D eigenvalue weighted by Gasteiger charge is -2.14. The van der Waals surface area contributed by atoms with Crippen molar-refractivity contribution >= 4 is 10.8 Å². The van der Waals surface area contributed by atoms with Crippen molar-refractivity contribution in [1.29, 1.82) is 0 Å². The van der Waals surface area contributed by atoms with Crippen molar-refractivity contribution in [2.45, 2.75) is 13.0 Å². The Morgan fingerprint density at radius 2 is 2.00 bits per heavy atom. The maximum absolute atomic E-state index is 10.6. The largest absolute Gasteiger partial charge is 0.384 e. The maximum atomic E-state index is 10.6. The molecule has 0 aliphatic heterocycles. The molecule has 0 bridgehead atoms. The number of aliphatic hydroxyl groups excluding tert-OH is 1. The highest BCUT2D eigenvalue weighted by molar-refractivity contribution is 5.85. The lowest BCUT2D eigenvalue weighted by Crippen LogP contribution is -2.01. The van der Waals surface area contributed by atoms with Crippen molar-refractivity contribution in [2.75, 3.05) is 0 Å². The molecule has 3 rings (SSSR count). The average Bonchev–Trinajstić information content (AvgIpc) is 2.46. The number of aromatic nitrogens is 2. The molecule has 0 amide bonds. The molecular weight excluding hydrogens is 236 g/mol. The molecular formula is C16H14N2O. The molecule has 0 aliphatic rings. The van der Waals surface area contributed by atoms with Crippen LogP contribution in [0.3, 0.4) is 0 Å². The van der Waals surface area contributed by atoms with E-state index in [1.807, 2.05) is 49.5 Å². The third-order valence-corrected chi connectivity index (χ3v) is 3.25. The fourth-order valence-electron chi connectivity index (χ4n) is 2.30. The lowest BCUT2D eigenvalue weighted by molar-refractivity contribution is 0.221. The fraction of sp³-hybridized carbons (Fsp3) is 0.125. The third kappa shape index (κ3) is 2.20. The fourth-order valence-corrected chi connectivity index (χ4v) is 2.30. The molecule has 0 saturated heterocycles. The highest BCUT2D eigenvalue weighted by Gasteiger charge is 2.13. The molecule has 2 heterocycles. The van der Waals surface area contributed by atoms with E-state index in [2.05, 4.69) is 9.97 Å². The zero-order chi connectivity index (χ0) is 13.2. The van der Waals surface area contributed by atoms with Crippen LogP contribution in [-0.2, 0) is 0 Å². The van der Waals surface area contributed by atoms with Crippen LogP contribution in [0.5, 0.6) is 0 Å². The molecule has 3 heteroatoms. The summed E-state index contributed by atoms with van der Waals surface area (Å²) in [6.07, 6.45) is 4.63. The first kappa shape index (κ1) is 11.8. The third-order valence-electron chi connectivity index (χ3n) is 3.25. The van der Waals surface area contributed by atoms with Crippen LogP contribution in [-0.4, -0.2) is 15.1 Å². The number of pyridine rings is 2. The molecule has 2 aromatic heterocycles. The van der Waals surface area contributed by atoms with Crippen LogP contribution in [0.1, 0.15) is 22.9 Å². The van der Waals surface area contributed by atoms with Crippen LogP contribution >= 0.6 is 0 Å². The van der Waals surface area contributed by atoms with E-state index in [4.69, 9.17) is 0 Å². The first-order chi connectivity index (χ1) is 9.25. The van der Waals surface area contributed by atoms with Gasteiger partial charge in [0, 0.05) is 29.7 Å². The number of rotatable bonds is 2. The summed E-state index contributed by atoms with van der Waals surface area (Å²) in [5.41, 5.74) is 2.65. The van der Waals surface area contributed by atoms with Crippen LogP contribution in [0.15, 0.2) is 55.0 Å². The topological polar surface area (TPSA) is 46.0 Å². The summed E-state index contributed by atoms with van der Waals surface area (Å²) in [7, 11) is 0. The summed E-state index contributed by atoms with van der Waals surface area (Å²) >= 11 is 0. The Balaban J connectivity index is 2.14. The summed E-state index contributed by atoms with van der Waals surface area (Å²) in [6, 6.07) is 11.6. The first-order valence-electron chi connectivity index (χ1n) is 6.19. The predicted molar refractivity (Wildman–Crippen MR) is 74.8 cm³/mol. The van der Waals surface area contributed by atoms with E-state index in [1.165, 1.54) is 0 Å². The predicted octanol–water partition coefficient (Wildman–Crippen LogP) is 3.02. The van der Waals surface area contributed by atoms with E-state index >= 15 is 0 Å². The van der Waals surface area contributed by atoms with Gasteiger partial charge in [0.15, 0.2) is 0 Å². The van der Waals surface area contributed by atoms with Crippen molar-refractivity contribution in [3.8, 4) is 0 Å². The smallest absolute Gasteiger partial charge is 0.105 e. The number of hydrogen-bond acceptors (Lipinski definition) is 3. The molecule has 94 valence electrons. The number of fused-ring (bicyclic) bond motifs is 1. The van der Waals surface area contributed by atoms with Gasteiger partial charge in [0.1, 0.15) is 6.10 Å². The average molecular weight is 250 g/mol. The normalized spacial score (nSPS) is 12.5. The van der Waals surface area contributed by atoms with E-state index in [0.29, 0.717) is 0 Å². The van der Waals surface area contributed by atoms with Crippen LogP contribution in [0.25, 0.3) is 10.8 Å². The minimum atomic E-state index is -0.646. The standard InChI is InChI=1S/C16H14N2O/c1-11-9-12(5-8-18-11)16(19)15-4-2-3-13-10-17-7-6-14(13)15/h2-10,16,19H,1H3. The van der Waals surface area contributed by atoms with Crippen LogP contribution < -0.4 is 0 Å². The van der Waals surface area contributed by atoms with Gasteiger partial charge in [-0.2, -0.15) is 0 Å². The van der Waals surface area contributed by atoms with E-state index in [0.717, 1.165) is 27.6 Å². The van der Waals surface area contributed by atoms with Gasteiger partial charge in [-0.15, -0.1) is 0 Å². The van der Waals surface area contributed by atoms with Crippen LogP contribution in [0, 0.1) is 6.92 Å². The zero-order valence-electron chi connectivity index (χ0n) is 10.6. The van der Waals surface area contributed by atoms with Gasteiger partial charge in [-0.3, -0.25) is 9.97 Å². The Morgan fingerprint density at radius 3 is 2.84 bits per heavy atom. The van der Waals surface area contributed by atoms with Gasteiger partial charge in [-0.05, 0) is 41.6 Å².